The second kappa shape index (κ2) is 6.96. The Bertz CT molecular complexity index is 552. The zero-order chi connectivity index (χ0) is 14.4. The van der Waals surface area contributed by atoms with E-state index >= 15 is 0 Å². The molecular formula is C15H20N2O3. The van der Waals surface area contributed by atoms with Gasteiger partial charge in [-0.3, -0.25) is 0 Å². The van der Waals surface area contributed by atoms with Gasteiger partial charge >= 0.3 is 0 Å². The van der Waals surface area contributed by atoms with Crippen LogP contribution >= 0.6 is 0 Å². The Kier molecular flexibility index (Phi) is 5.01. The summed E-state index contributed by atoms with van der Waals surface area (Å²) in [6.45, 7) is 3.80. The maximum atomic E-state index is 5.39. The van der Waals surface area contributed by atoms with Crippen molar-refractivity contribution in [3.8, 4) is 22.8 Å². The first kappa shape index (κ1) is 14.4. The van der Waals surface area contributed by atoms with Crippen molar-refractivity contribution >= 4 is 0 Å². The lowest BCUT2D eigenvalue weighted by atomic mass is 10.1. The third-order valence-electron chi connectivity index (χ3n) is 2.97. The number of aromatic nitrogens is 1. The average molecular weight is 276 g/mol. The zero-order valence-electron chi connectivity index (χ0n) is 12.1. The molecule has 1 aromatic heterocycles. The predicted molar refractivity (Wildman–Crippen MR) is 77.0 cm³/mol. The van der Waals surface area contributed by atoms with Gasteiger partial charge in [-0.15, -0.1) is 0 Å². The molecule has 2 rings (SSSR count). The predicted octanol–water partition coefficient (Wildman–Crippen LogP) is 2.86. The molecule has 0 aliphatic rings. The maximum Gasteiger partial charge on any atom is 0.170 e. The van der Waals surface area contributed by atoms with Crippen molar-refractivity contribution < 1.29 is 14.0 Å². The number of nitrogens with one attached hydrogen (secondary N) is 1. The van der Waals surface area contributed by atoms with Crippen LogP contribution in [0.3, 0.4) is 0 Å². The average Bonchev–Trinajstić information content (AvgIpc) is 2.95. The molecule has 5 nitrogen and oxygen atoms in total. The summed E-state index contributed by atoms with van der Waals surface area (Å²) in [6.07, 6.45) is 1.09. The quantitative estimate of drug-likeness (QED) is 0.788. The van der Waals surface area contributed by atoms with Crippen LogP contribution in [0.2, 0.25) is 0 Å². The fourth-order valence-electron chi connectivity index (χ4n) is 1.92. The summed E-state index contributed by atoms with van der Waals surface area (Å²) in [7, 11) is 3.25. The first-order chi connectivity index (χ1) is 9.78. The second-order valence-electron chi connectivity index (χ2n) is 4.43. The molecule has 108 valence electrons. The lowest BCUT2D eigenvalue weighted by Crippen LogP contribution is -2.13. The summed E-state index contributed by atoms with van der Waals surface area (Å²) in [4.78, 5) is 0. The van der Waals surface area contributed by atoms with Crippen LogP contribution in [0.5, 0.6) is 11.5 Å². The van der Waals surface area contributed by atoms with Gasteiger partial charge in [0.2, 0.25) is 0 Å². The largest absolute Gasteiger partial charge is 0.497 e. The summed E-state index contributed by atoms with van der Waals surface area (Å²) in [5, 5.41) is 7.35. The molecule has 0 radical (unpaired) electrons. The van der Waals surface area contributed by atoms with E-state index in [-0.39, 0.29) is 0 Å². The Labute approximate surface area is 118 Å². The highest BCUT2D eigenvalue weighted by Crippen LogP contribution is 2.33. The molecule has 1 aromatic carbocycles. The molecular weight excluding hydrogens is 256 g/mol. The van der Waals surface area contributed by atoms with Crippen LogP contribution in [0.15, 0.2) is 28.8 Å². The molecule has 0 fully saturated rings. The molecule has 0 aliphatic heterocycles. The van der Waals surface area contributed by atoms with Crippen LogP contribution in [0, 0.1) is 0 Å². The molecule has 0 spiro atoms. The summed E-state index contributed by atoms with van der Waals surface area (Å²) >= 11 is 0. The maximum absolute atomic E-state index is 5.39. The highest BCUT2D eigenvalue weighted by Gasteiger charge is 2.12. The van der Waals surface area contributed by atoms with E-state index in [1.807, 2.05) is 24.3 Å². The minimum Gasteiger partial charge on any atom is -0.497 e. The number of benzene rings is 1. The van der Waals surface area contributed by atoms with Gasteiger partial charge in [-0.2, -0.15) is 0 Å². The molecule has 0 bridgehead atoms. The SMILES string of the molecule is CCCNCc1cc(-c2ccc(OC)cc2OC)on1. The molecule has 0 saturated carbocycles. The Morgan fingerprint density at radius 1 is 1.20 bits per heavy atom. The van der Waals surface area contributed by atoms with E-state index in [1.165, 1.54) is 0 Å². The second-order valence-corrected chi connectivity index (χ2v) is 4.43. The Balaban J connectivity index is 2.18. The van der Waals surface area contributed by atoms with E-state index in [1.54, 1.807) is 14.2 Å². The van der Waals surface area contributed by atoms with Gasteiger partial charge in [-0.25, -0.2) is 0 Å². The molecule has 20 heavy (non-hydrogen) atoms. The van der Waals surface area contributed by atoms with E-state index in [2.05, 4.69) is 17.4 Å². The zero-order valence-corrected chi connectivity index (χ0v) is 12.1. The Morgan fingerprint density at radius 2 is 2.05 bits per heavy atom. The fourth-order valence-corrected chi connectivity index (χ4v) is 1.92. The number of hydrogen-bond donors (Lipinski definition) is 1. The van der Waals surface area contributed by atoms with Crippen molar-refractivity contribution in [3.05, 3.63) is 30.0 Å². The first-order valence-corrected chi connectivity index (χ1v) is 6.67. The molecule has 1 heterocycles. The van der Waals surface area contributed by atoms with Crippen molar-refractivity contribution in [2.45, 2.75) is 19.9 Å². The Morgan fingerprint density at radius 3 is 2.75 bits per heavy atom. The van der Waals surface area contributed by atoms with Crippen molar-refractivity contribution in [2.75, 3.05) is 20.8 Å². The summed E-state index contributed by atoms with van der Waals surface area (Å²) in [6, 6.07) is 7.52. The van der Waals surface area contributed by atoms with Crippen LogP contribution in [0.1, 0.15) is 19.0 Å². The third-order valence-corrected chi connectivity index (χ3v) is 2.97. The van der Waals surface area contributed by atoms with Crippen LogP contribution < -0.4 is 14.8 Å². The minimum absolute atomic E-state index is 0.692. The number of methoxy groups -OCH3 is 2. The summed E-state index contributed by atoms with van der Waals surface area (Å²) < 4.78 is 15.9. The topological polar surface area (TPSA) is 56.5 Å². The van der Waals surface area contributed by atoms with Gasteiger partial charge in [-0.1, -0.05) is 12.1 Å². The van der Waals surface area contributed by atoms with Crippen molar-refractivity contribution in [3.63, 3.8) is 0 Å². The van der Waals surface area contributed by atoms with Gasteiger partial charge < -0.3 is 19.3 Å². The van der Waals surface area contributed by atoms with Gasteiger partial charge in [-0.05, 0) is 25.1 Å². The molecule has 5 heteroatoms. The summed E-state index contributed by atoms with van der Waals surface area (Å²) in [5.41, 5.74) is 1.74. The normalized spacial score (nSPS) is 10.6. The van der Waals surface area contributed by atoms with Gasteiger partial charge in [0.1, 0.15) is 11.5 Å². The number of nitrogens with zero attached hydrogens (tertiary/aromatic N) is 1. The van der Waals surface area contributed by atoms with E-state index < -0.39 is 0 Å². The van der Waals surface area contributed by atoms with Crippen LogP contribution in [-0.4, -0.2) is 25.9 Å². The van der Waals surface area contributed by atoms with Crippen LogP contribution in [-0.2, 0) is 6.54 Å². The van der Waals surface area contributed by atoms with Crippen molar-refractivity contribution in [1.82, 2.24) is 10.5 Å². The van der Waals surface area contributed by atoms with Crippen molar-refractivity contribution in [2.24, 2.45) is 0 Å². The standard InChI is InChI=1S/C15H20N2O3/c1-4-7-16-10-11-8-15(20-17-11)13-6-5-12(18-2)9-14(13)19-3/h5-6,8-9,16H,4,7,10H2,1-3H3. The smallest absolute Gasteiger partial charge is 0.170 e. The summed E-state index contributed by atoms with van der Waals surface area (Å²) in [5.74, 6) is 2.14. The molecule has 0 unspecified atom stereocenters. The number of ether oxygens (including phenoxy) is 2. The Hall–Kier alpha value is -2.01. The minimum atomic E-state index is 0.692. The van der Waals surface area contributed by atoms with Gasteiger partial charge in [0.25, 0.3) is 0 Å². The van der Waals surface area contributed by atoms with Crippen molar-refractivity contribution in [1.29, 1.82) is 0 Å². The van der Waals surface area contributed by atoms with Crippen LogP contribution in [0.4, 0.5) is 0 Å². The van der Waals surface area contributed by atoms with Gasteiger partial charge in [0.05, 0.1) is 25.5 Å². The lowest BCUT2D eigenvalue weighted by Gasteiger charge is -2.07. The van der Waals surface area contributed by atoms with Crippen LogP contribution in [0.25, 0.3) is 11.3 Å². The molecule has 0 aliphatic carbocycles. The highest BCUT2D eigenvalue weighted by atomic mass is 16.5. The lowest BCUT2D eigenvalue weighted by molar-refractivity contribution is 0.390. The molecule has 2 aromatic rings. The molecule has 0 saturated heterocycles. The van der Waals surface area contributed by atoms with Gasteiger partial charge in [0, 0.05) is 18.7 Å². The first-order valence-electron chi connectivity index (χ1n) is 6.67. The molecule has 1 N–H and O–H groups in total. The highest BCUT2D eigenvalue weighted by molar-refractivity contribution is 5.67. The van der Waals surface area contributed by atoms with E-state index in [4.69, 9.17) is 14.0 Å². The molecule has 0 amide bonds. The van der Waals surface area contributed by atoms with E-state index in [0.29, 0.717) is 18.1 Å². The third kappa shape index (κ3) is 3.30. The fraction of sp³-hybridized carbons (Fsp3) is 0.400. The monoisotopic (exact) mass is 276 g/mol. The van der Waals surface area contributed by atoms with E-state index in [9.17, 15) is 0 Å². The molecule has 0 atom stereocenters. The number of rotatable bonds is 7. The van der Waals surface area contributed by atoms with E-state index in [0.717, 1.165) is 30.0 Å². The number of hydrogen-bond acceptors (Lipinski definition) is 5. The van der Waals surface area contributed by atoms with Gasteiger partial charge in [0.15, 0.2) is 5.76 Å².